The lowest BCUT2D eigenvalue weighted by Gasteiger charge is -2.13. The molecule has 0 unspecified atom stereocenters. The Morgan fingerprint density at radius 2 is 1.73 bits per heavy atom. The number of hydrogen-bond acceptors (Lipinski definition) is 5. The largest absolute Gasteiger partial charge is 0.494 e. The van der Waals surface area contributed by atoms with Crippen LogP contribution in [0.25, 0.3) is 10.8 Å². The standard InChI is InChI=1S/C23H21Br2N3O4S/c1-2-11-31-17-7-3-14(4-8-17)22(30)26-23(33)28-27-20(29)13-32-19-10-5-15-12-16(24)6-9-18(15)21(19)25/h3-10,12H,2,11,13H2,1H3,(H,27,29)(H2,26,28,30,33). The van der Waals surface area contributed by atoms with Gasteiger partial charge in [-0.1, -0.05) is 35.0 Å². The number of nitrogens with one attached hydrogen (secondary N) is 3. The molecule has 0 saturated carbocycles. The average Bonchev–Trinajstić information content (AvgIpc) is 2.81. The molecule has 0 aromatic heterocycles. The molecule has 33 heavy (non-hydrogen) atoms. The summed E-state index contributed by atoms with van der Waals surface area (Å²) in [5.74, 6) is 0.341. The number of amides is 2. The van der Waals surface area contributed by atoms with Crippen LogP contribution in [0, 0.1) is 0 Å². The fourth-order valence-corrected chi connectivity index (χ4v) is 3.92. The molecule has 7 nitrogen and oxygen atoms in total. The molecule has 0 heterocycles. The van der Waals surface area contributed by atoms with Crippen molar-refractivity contribution in [3.05, 3.63) is 69.1 Å². The van der Waals surface area contributed by atoms with Gasteiger partial charge in [-0.25, -0.2) is 0 Å². The van der Waals surface area contributed by atoms with E-state index in [1.165, 1.54) is 0 Å². The Bertz CT molecular complexity index is 1170. The van der Waals surface area contributed by atoms with Crippen LogP contribution in [0.15, 0.2) is 63.5 Å². The summed E-state index contributed by atoms with van der Waals surface area (Å²) >= 11 is 12.0. The maximum Gasteiger partial charge on any atom is 0.276 e. The normalized spacial score (nSPS) is 10.4. The van der Waals surface area contributed by atoms with Crippen molar-refractivity contribution >= 4 is 71.8 Å². The fourth-order valence-electron chi connectivity index (χ4n) is 2.79. The monoisotopic (exact) mass is 593 g/mol. The predicted octanol–water partition coefficient (Wildman–Crippen LogP) is 4.87. The molecule has 0 saturated heterocycles. The molecule has 0 aliphatic heterocycles. The van der Waals surface area contributed by atoms with Crippen LogP contribution in [-0.4, -0.2) is 30.1 Å². The van der Waals surface area contributed by atoms with E-state index in [1.54, 1.807) is 30.3 Å². The minimum atomic E-state index is -0.466. The molecular weight excluding hydrogens is 574 g/mol. The molecule has 3 aromatic rings. The zero-order chi connectivity index (χ0) is 23.8. The van der Waals surface area contributed by atoms with Gasteiger partial charge in [0, 0.05) is 10.0 Å². The first-order chi connectivity index (χ1) is 15.9. The van der Waals surface area contributed by atoms with Crippen molar-refractivity contribution in [3.8, 4) is 11.5 Å². The van der Waals surface area contributed by atoms with Crippen LogP contribution in [-0.2, 0) is 4.79 Å². The highest BCUT2D eigenvalue weighted by Gasteiger charge is 2.11. The van der Waals surface area contributed by atoms with Gasteiger partial charge in [-0.05, 0) is 87.8 Å². The predicted molar refractivity (Wildman–Crippen MR) is 138 cm³/mol. The molecule has 0 fully saturated rings. The van der Waals surface area contributed by atoms with Gasteiger partial charge in [0.25, 0.3) is 11.8 Å². The second-order valence-corrected chi connectivity index (χ2v) is 8.98. The lowest BCUT2D eigenvalue weighted by molar-refractivity contribution is -0.123. The number of hydrogen-bond donors (Lipinski definition) is 3. The van der Waals surface area contributed by atoms with E-state index < -0.39 is 11.8 Å². The van der Waals surface area contributed by atoms with Crippen LogP contribution in [0.4, 0.5) is 0 Å². The van der Waals surface area contributed by atoms with Crippen molar-refractivity contribution in [2.45, 2.75) is 13.3 Å². The van der Waals surface area contributed by atoms with Crippen molar-refractivity contribution in [1.29, 1.82) is 0 Å². The average molecular weight is 595 g/mol. The third-order valence-electron chi connectivity index (χ3n) is 4.37. The van der Waals surface area contributed by atoms with Crippen LogP contribution in [0.5, 0.6) is 11.5 Å². The fraction of sp³-hybridized carbons (Fsp3) is 0.174. The van der Waals surface area contributed by atoms with E-state index in [9.17, 15) is 9.59 Å². The Balaban J connectivity index is 1.45. The highest BCUT2D eigenvalue weighted by Crippen LogP contribution is 2.34. The molecule has 0 spiro atoms. The van der Waals surface area contributed by atoms with Gasteiger partial charge in [-0.15, -0.1) is 0 Å². The molecule has 3 aromatic carbocycles. The van der Waals surface area contributed by atoms with Crippen LogP contribution in [0.1, 0.15) is 23.7 Å². The topological polar surface area (TPSA) is 88.7 Å². The number of hydrazine groups is 1. The van der Waals surface area contributed by atoms with Crippen LogP contribution in [0.3, 0.4) is 0 Å². The Morgan fingerprint density at radius 1 is 0.970 bits per heavy atom. The summed E-state index contributed by atoms with van der Waals surface area (Å²) in [5, 5.41) is 4.44. The third kappa shape index (κ3) is 7.15. The Hall–Kier alpha value is -2.69. The van der Waals surface area contributed by atoms with E-state index in [0.29, 0.717) is 23.7 Å². The van der Waals surface area contributed by atoms with E-state index in [1.807, 2.05) is 31.2 Å². The summed E-state index contributed by atoms with van der Waals surface area (Å²) in [6, 6.07) is 16.2. The smallest absolute Gasteiger partial charge is 0.276 e. The molecule has 0 atom stereocenters. The number of fused-ring (bicyclic) bond motifs is 1. The number of carbonyl (C=O) groups is 2. The Kier molecular flexibility index (Phi) is 9.04. The zero-order valence-electron chi connectivity index (χ0n) is 17.6. The minimum Gasteiger partial charge on any atom is -0.494 e. The van der Waals surface area contributed by atoms with Crippen molar-refractivity contribution in [2.75, 3.05) is 13.2 Å². The van der Waals surface area contributed by atoms with Gasteiger partial charge < -0.3 is 9.47 Å². The highest BCUT2D eigenvalue weighted by atomic mass is 79.9. The summed E-state index contributed by atoms with van der Waals surface area (Å²) < 4.78 is 12.8. The van der Waals surface area contributed by atoms with Crippen LogP contribution >= 0.6 is 44.1 Å². The number of carbonyl (C=O) groups excluding carboxylic acids is 2. The minimum absolute atomic E-state index is 0.0443. The maximum absolute atomic E-state index is 12.3. The molecule has 10 heteroatoms. The van der Waals surface area contributed by atoms with Gasteiger partial charge in [0.15, 0.2) is 11.7 Å². The summed E-state index contributed by atoms with van der Waals surface area (Å²) in [7, 11) is 0. The Morgan fingerprint density at radius 3 is 2.45 bits per heavy atom. The lowest BCUT2D eigenvalue weighted by Crippen LogP contribution is -2.49. The quantitative estimate of drug-likeness (QED) is 0.267. The van der Waals surface area contributed by atoms with E-state index >= 15 is 0 Å². The molecule has 0 aliphatic rings. The van der Waals surface area contributed by atoms with E-state index in [-0.39, 0.29) is 11.7 Å². The number of rotatable bonds is 7. The van der Waals surface area contributed by atoms with Crippen molar-refractivity contribution in [1.82, 2.24) is 16.2 Å². The molecule has 172 valence electrons. The second-order valence-electron chi connectivity index (χ2n) is 6.86. The summed E-state index contributed by atoms with van der Waals surface area (Å²) in [6.45, 7) is 2.38. The highest BCUT2D eigenvalue weighted by molar-refractivity contribution is 9.11. The third-order valence-corrected chi connectivity index (χ3v) is 5.89. The lowest BCUT2D eigenvalue weighted by atomic mass is 10.1. The first-order valence-corrected chi connectivity index (χ1v) is 12.0. The molecule has 0 aliphatic carbocycles. The van der Waals surface area contributed by atoms with E-state index in [4.69, 9.17) is 21.7 Å². The molecule has 0 bridgehead atoms. The number of benzene rings is 3. The summed E-state index contributed by atoms with van der Waals surface area (Å²) in [5.41, 5.74) is 5.29. The number of halogens is 2. The van der Waals surface area contributed by atoms with Crippen LogP contribution < -0.4 is 25.6 Å². The molecule has 3 N–H and O–H groups in total. The van der Waals surface area contributed by atoms with Gasteiger partial charge >= 0.3 is 0 Å². The van der Waals surface area contributed by atoms with Crippen molar-refractivity contribution in [3.63, 3.8) is 0 Å². The van der Waals surface area contributed by atoms with Crippen molar-refractivity contribution < 1.29 is 19.1 Å². The SMILES string of the molecule is CCCOc1ccc(C(=O)NC(=S)NNC(=O)COc2ccc3cc(Br)ccc3c2Br)cc1. The second kappa shape index (κ2) is 12.0. The first-order valence-electron chi connectivity index (χ1n) is 10.0. The van der Waals surface area contributed by atoms with Gasteiger partial charge in [0.2, 0.25) is 0 Å². The molecule has 3 rings (SSSR count). The molecular formula is C23H21Br2N3O4S. The maximum atomic E-state index is 12.3. The molecule has 0 radical (unpaired) electrons. The van der Waals surface area contributed by atoms with Crippen LogP contribution in [0.2, 0.25) is 0 Å². The van der Waals surface area contributed by atoms with Gasteiger partial charge in [0.1, 0.15) is 11.5 Å². The Labute approximate surface area is 213 Å². The zero-order valence-corrected chi connectivity index (χ0v) is 21.6. The summed E-state index contributed by atoms with van der Waals surface area (Å²) in [4.78, 5) is 24.4. The first kappa shape index (κ1) is 24.9. The molecule has 2 amide bonds. The van der Waals surface area contributed by atoms with Gasteiger partial charge in [-0.2, -0.15) is 0 Å². The number of ether oxygens (including phenoxy) is 2. The van der Waals surface area contributed by atoms with Gasteiger partial charge in [0.05, 0.1) is 11.1 Å². The summed E-state index contributed by atoms with van der Waals surface area (Å²) in [6.07, 6.45) is 0.899. The van der Waals surface area contributed by atoms with E-state index in [2.05, 4.69) is 48.0 Å². The van der Waals surface area contributed by atoms with Crippen molar-refractivity contribution in [2.24, 2.45) is 0 Å². The number of thiocarbonyl (C=S) groups is 1. The van der Waals surface area contributed by atoms with Gasteiger partial charge in [-0.3, -0.25) is 25.8 Å². The van der Waals surface area contributed by atoms with E-state index in [0.717, 1.165) is 26.1 Å².